The largest absolute Gasteiger partial charge is 0.207 e. The molecule has 82 valence electrons. The Bertz CT molecular complexity index is 538. The van der Waals surface area contributed by atoms with Crippen molar-refractivity contribution in [2.75, 3.05) is 0 Å². The molecule has 16 heavy (non-hydrogen) atoms. The smallest absolute Gasteiger partial charge is 0.166 e. The predicted molar refractivity (Wildman–Crippen MR) is 64.5 cm³/mol. The second-order valence-corrected chi connectivity index (χ2v) is 4.39. The molecule has 0 aliphatic heterocycles. The summed E-state index contributed by atoms with van der Waals surface area (Å²) in [5.74, 6) is -2.36. The van der Waals surface area contributed by atoms with Crippen LogP contribution in [0.4, 0.5) is 13.2 Å². The SMILES string of the molecule is Fc1ccc(I)c(-c2cccc(F)c2F)c1. The van der Waals surface area contributed by atoms with Gasteiger partial charge in [0.05, 0.1) is 0 Å². The standard InChI is InChI=1S/C12H6F3I/c13-7-4-5-11(16)9(6-7)8-2-1-3-10(14)12(8)15/h1-6H. The monoisotopic (exact) mass is 334 g/mol. The van der Waals surface area contributed by atoms with Crippen molar-refractivity contribution in [2.45, 2.75) is 0 Å². The lowest BCUT2D eigenvalue weighted by Gasteiger charge is -2.06. The average Bonchev–Trinajstić information content (AvgIpc) is 2.26. The third-order valence-corrected chi connectivity index (χ3v) is 3.11. The number of hydrogen-bond donors (Lipinski definition) is 0. The van der Waals surface area contributed by atoms with Crippen LogP contribution in [0.25, 0.3) is 11.1 Å². The van der Waals surface area contributed by atoms with Crippen LogP contribution >= 0.6 is 22.6 Å². The highest BCUT2D eigenvalue weighted by Gasteiger charge is 2.12. The highest BCUT2D eigenvalue weighted by molar-refractivity contribution is 14.1. The molecular formula is C12H6F3I. The van der Waals surface area contributed by atoms with E-state index in [0.29, 0.717) is 9.13 Å². The van der Waals surface area contributed by atoms with Gasteiger partial charge in [-0.05, 0) is 46.9 Å². The Kier molecular flexibility index (Phi) is 3.18. The Morgan fingerprint density at radius 2 is 1.62 bits per heavy atom. The first-order chi connectivity index (χ1) is 7.59. The first-order valence-corrected chi connectivity index (χ1v) is 5.57. The minimum atomic E-state index is -0.953. The van der Waals surface area contributed by atoms with Crippen LogP contribution in [-0.4, -0.2) is 0 Å². The number of benzene rings is 2. The van der Waals surface area contributed by atoms with E-state index >= 15 is 0 Å². The van der Waals surface area contributed by atoms with Gasteiger partial charge < -0.3 is 0 Å². The summed E-state index contributed by atoms with van der Waals surface area (Å²) in [6.45, 7) is 0. The van der Waals surface area contributed by atoms with E-state index in [1.54, 1.807) is 0 Å². The summed E-state index contributed by atoms with van der Waals surface area (Å²) < 4.78 is 40.2. The van der Waals surface area contributed by atoms with Crippen LogP contribution in [-0.2, 0) is 0 Å². The van der Waals surface area contributed by atoms with Crippen LogP contribution in [0, 0.1) is 21.0 Å². The first-order valence-electron chi connectivity index (χ1n) is 4.49. The maximum absolute atomic E-state index is 13.5. The van der Waals surface area contributed by atoms with E-state index in [9.17, 15) is 13.2 Å². The van der Waals surface area contributed by atoms with Gasteiger partial charge in [-0.3, -0.25) is 0 Å². The molecular weight excluding hydrogens is 328 g/mol. The second kappa shape index (κ2) is 4.45. The van der Waals surface area contributed by atoms with Crippen molar-refractivity contribution < 1.29 is 13.2 Å². The molecule has 0 atom stereocenters. The predicted octanol–water partition coefficient (Wildman–Crippen LogP) is 4.38. The summed E-state index contributed by atoms with van der Waals surface area (Å²) in [6.07, 6.45) is 0. The van der Waals surface area contributed by atoms with E-state index in [4.69, 9.17) is 0 Å². The summed E-state index contributed by atoms with van der Waals surface area (Å²) in [7, 11) is 0. The molecule has 0 aromatic heterocycles. The molecule has 0 bridgehead atoms. The maximum Gasteiger partial charge on any atom is 0.166 e. The van der Waals surface area contributed by atoms with E-state index < -0.39 is 17.5 Å². The average molecular weight is 334 g/mol. The van der Waals surface area contributed by atoms with Crippen LogP contribution in [0.15, 0.2) is 36.4 Å². The lowest BCUT2D eigenvalue weighted by molar-refractivity contribution is 0.511. The molecule has 0 heterocycles. The van der Waals surface area contributed by atoms with Gasteiger partial charge in [-0.25, -0.2) is 13.2 Å². The van der Waals surface area contributed by atoms with E-state index in [-0.39, 0.29) is 5.56 Å². The fourth-order valence-electron chi connectivity index (χ4n) is 1.42. The second-order valence-electron chi connectivity index (χ2n) is 3.23. The Morgan fingerprint density at radius 1 is 0.875 bits per heavy atom. The Hall–Kier alpha value is -1.04. The lowest BCUT2D eigenvalue weighted by atomic mass is 10.1. The fourth-order valence-corrected chi connectivity index (χ4v) is 2.04. The lowest BCUT2D eigenvalue weighted by Crippen LogP contribution is -1.92. The Morgan fingerprint density at radius 3 is 2.38 bits per heavy atom. The molecule has 0 spiro atoms. The molecule has 0 unspecified atom stereocenters. The molecule has 0 saturated heterocycles. The van der Waals surface area contributed by atoms with Crippen molar-refractivity contribution in [3.63, 3.8) is 0 Å². The van der Waals surface area contributed by atoms with Crippen LogP contribution in [0.5, 0.6) is 0 Å². The summed E-state index contributed by atoms with van der Waals surface area (Å²) in [5, 5.41) is 0. The van der Waals surface area contributed by atoms with E-state index in [0.717, 1.165) is 6.07 Å². The van der Waals surface area contributed by atoms with E-state index in [1.807, 2.05) is 22.6 Å². The van der Waals surface area contributed by atoms with Crippen molar-refractivity contribution in [3.8, 4) is 11.1 Å². The Balaban J connectivity index is 2.67. The highest BCUT2D eigenvalue weighted by Crippen LogP contribution is 2.29. The van der Waals surface area contributed by atoms with Crippen LogP contribution in [0.3, 0.4) is 0 Å². The molecule has 2 aromatic rings. The zero-order valence-electron chi connectivity index (χ0n) is 7.98. The molecule has 4 heteroatoms. The molecule has 0 saturated carbocycles. The van der Waals surface area contributed by atoms with Crippen LogP contribution < -0.4 is 0 Å². The van der Waals surface area contributed by atoms with Gasteiger partial charge in [0.1, 0.15) is 5.82 Å². The number of rotatable bonds is 1. The van der Waals surface area contributed by atoms with E-state index in [1.165, 1.54) is 30.3 Å². The van der Waals surface area contributed by atoms with Gasteiger partial charge >= 0.3 is 0 Å². The van der Waals surface area contributed by atoms with Crippen molar-refractivity contribution in [2.24, 2.45) is 0 Å². The van der Waals surface area contributed by atoms with Gasteiger partial charge in [-0.2, -0.15) is 0 Å². The minimum Gasteiger partial charge on any atom is -0.207 e. The molecule has 0 aliphatic carbocycles. The Labute approximate surface area is 104 Å². The molecule has 0 radical (unpaired) electrons. The van der Waals surface area contributed by atoms with E-state index in [2.05, 4.69) is 0 Å². The molecule has 0 fully saturated rings. The van der Waals surface area contributed by atoms with Gasteiger partial charge in [0.15, 0.2) is 11.6 Å². The number of halogens is 4. The minimum absolute atomic E-state index is 0.0731. The van der Waals surface area contributed by atoms with Crippen molar-refractivity contribution in [1.29, 1.82) is 0 Å². The van der Waals surface area contributed by atoms with Gasteiger partial charge in [0, 0.05) is 14.7 Å². The highest BCUT2D eigenvalue weighted by atomic mass is 127. The summed E-state index contributed by atoms with van der Waals surface area (Å²) in [5.41, 5.74) is 0.432. The molecule has 0 amide bonds. The normalized spacial score (nSPS) is 10.5. The van der Waals surface area contributed by atoms with Gasteiger partial charge in [0.2, 0.25) is 0 Å². The molecule has 0 N–H and O–H groups in total. The molecule has 2 rings (SSSR count). The zero-order chi connectivity index (χ0) is 11.7. The molecule has 0 nitrogen and oxygen atoms in total. The summed E-state index contributed by atoms with van der Waals surface area (Å²) in [6, 6.07) is 7.85. The van der Waals surface area contributed by atoms with Gasteiger partial charge in [0.25, 0.3) is 0 Å². The molecule has 2 aromatic carbocycles. The van der Waals surface area contributed by atoms with Crippen molar-refractivity contribution >= 4 is 22.6 Å². The maximum atomic E-state index is 13.5. The summed E-state index contributed by atoms with van der Waals surface area (Å²) in [4.78, 5) is 0. The summed E-state index contributed by atoms with van der Waals surface area (Å²) >= 11 is 1.95. The van der Waals surface area contributed by atoms with Crippen LogP contribution in [0.2, 0.25) is 0 Å². The third-order valence-electron chi connectivity index (χ3n) is 2.17. The molecule has 0 aliphatic rings. The zero-order valence-corrected chi connectivity index (χ0v) is 10.1. The topological polar surface area (TPSA) is 0 Å². The van der Waals surface area contributed by atoms with Gasteiger partial charge in [-0.1, -0.05) is 12.1 Å². The van der Waals surface area contributed by atoms with Crippen molar-refractivity contribution in [3.05, 3.63) is 57.4 Å². The fraction of sp³-hybridized carbons (Fsp3) is 0. The number of hydrogen-bond acceptors (Lipinski definition) is 0. The van der Waals surface area contributed by atoms with Gasteiger partial charge in [-0.15, -0.1) is 0 Å². The quantitative estimate of drug-likeness (QED) is 0.679. The van der Waals surface area contributed by atoms with Crippen LogP contribution in [0.1, 0.15) is 0 Å². The van der Waals surface area contributed by atoms with Crippen molar-refractivity contribution in [1.82, 2.24) is 0 Å². The third kappa shape index (κ3) is 2.07. The first kappa shape index (κ1) is 11.4.